The Hall–Kier alpha value is -2.87. The van der Waals surface area contributed by atoms with Gasteiger partial charge in [-0.2, -0.15) is 0 Å². The van der Waals surface area contributed by atoms with Crippen molar-refractivity contribution in [3.05, 3.63) is 58.8 Å². The summed E-state index contributed by atoms with van der Waals surface area (Å²) < 4.78 is 17.5. The zero-order chi connectivity index (χ0) is 22.1. The van der Waals surface area contributed by atoms with E-state index in [-0.39, 0.29) is 5.78 Å². The molecule has 0 amide bonds. The number of carbonyl (C=O) groups is 1. The van der Waals surface area contributed by atoms with Gasteiger partial charge in [-0.25, -0.2) is 0 Å². The Labute approximate surface area is 188 Å². The van der Waals surface area contributed by atoms with E-state index >= 15 is 0 Å². The summed E-state index contributed by atoms with van der Waals surface area (Å²) in [5, 5.41) is 0. The molecule has 3 aliphatic rings. The zero-order valence-corrected chi connectivity index (χ0v) is 18.7. The fourth-order valence-corrected chi connectivity index (χ4v) is 4.28. The summed E-state index contributed by atoms with van der Waals surface area (Å²) in [4.78, 5) is 19.7. The zero-order valence-electron chi connectivity index (χ0n) is 18.7. The summed E-state index contributed by atoms with van der Waals surface area (Å²) >= 11 is 0. The molecule has 5 rings (SSSR count). The van der Waals surface area contributed by atoms with E-state index in [0.717, 1.165) is 62.0 Å². The van der Waals surface area contributed by atoms with Gasteiger partial charge in [0.2, 0.25) is 5.78 Å². The molecule has 0 N–H and O–H groups in total. The summed E-state index contributed by atoms with van der Waals surface area (Å²) in [7, 11) is 4.01. The second-order valence-electron chi connectivity index (χ2n) is 8.62. The van der Waals surface area contributed by atoms with E-state index in [4.69, 9.17) is 14.2 Å². The van der Waals surface area contributed by atoms with Crippen LogP contribution in [-0.4, -0.2) is 75.8 Å². The van der Waals surface area contributed by atoms with Crippen LogP contribution in [-0.2, 0) is 11.3 Å². The highest BCUT2D eigenvalue weighted by Gasteiger charge is 2.33. The van der Waals surface area contributed by atoms with Crippen LogP contribution >= 0.6 is 0 Å². The van der Waals surface area contributed by atoms with Crippen molar-refractivity contribution in [2.75, 3.05) is 65.1 Å². The molecule has 3 aliphatic heterocycles. The van der Waals surface area contributed by atoms with Crippen LogP contribution in [0.25, 0.3) is 6.08 Å². The maximum Gasteiger partial charge on any atom is 0.231 e. The highest BCUT2D eigenvalue weighted by molar-refractivity contribution is 6.15. The van der Waals surface area contributed by atoms with Gasteiger partial charge in [-0.1, -0.05) is 12.1 Å². The lowest BCUT2D eigenvalue weighted by Gasteiger charge is -2.33. The average molecular weight is 436 g/mol. The van der Waals surface area contributed by atoms with Gasteiger partial charge in [-0.05, 0) is 35.9 Å². The molecule has 0 radical (unpaired) electrons. The molecule has 2 aromatic carbocycles. The molecular weight excluding hydrogens is 406 g/mol. The summed E-state index contributed by atoms with van der Waals surface area (Å²) in [5.41, 5.74) is 3.61. The molecule has 0 aromatic heterocycles. The summed E-state index contributed by atoms with van der Waals surface area (Å²) in [6.07, 6.45) is 1.81. The average Bonchev–Trinajstić information content (AvgIpc) is 3.14. The largest absolute Gasteiger partial charge is 0.478 e. The topological polar surface area (TPSA) is 54.5 Å². The molecule has 2 aromatic rings. The van der Waals surface area contributed by atoms with E-state index in [1.54, 1.807) is 0 Å². The van der Waals surface area contributed by atoms with Crippen LogP contribution in [0.3, 0.4) is 0 Å². The summed E-state index contributed by atoms with van der Waals surface area (Å²) in [6, 6.07) is 11.8. The van der Waals surface area contributed by atoms with Crippen LogP contribution in [0.15, 0.2) is 42.2 Å². The van der Waals surface area contributed by atoms with Crippen molar-refractivity contribution in [2.45, 2.75) is 6.54 Å². The lowest BCUT2D eigenvalue weighted by atomic mass is 10.0. The Morgan fingerprint density at radius 3 is 2.50 bits per heavy atom. The minimum Gasteiger partial charge on any atom is -0.478 e. The number of hydrogen-bond acceptors (Lipinski definition) is 7. The summed E-state index contributed by atoms with van der Waals surface area (Å²) in [5.74, 6) is 1.72. The second-order valence-corrected chi connectivity index (χ2v) is 8.62. The molecule has 32 heavy (non-hydrogen) atoms. The van der Waals surface area contributed by atoms with E-state index < -0.39 is 0 Å². The van der Waals surface area contributed by atoms with Gasteiger partial charge >= 0.3 is 0 Å². The van der Waals surface area contributed by atoms with E-state index in [0.29, 0.717) is 30.3 Å². The van der Waals surface area contributed by atoms with E-state index in [2.05, 4.69) is 9.80 Å². The van der Waals surface area contributed by atoms with Gasteiger partial charge in [0.1, 0.15) is 18.2 Å². The maximum atomic E-state index is 13.0. The molecule has 7 nitrogen and oxygen atoms in total. The number of benzene rings is 2. The Morgan fingerprint density at radius 2 is 1.75 bits per heavy atom. The van der Waals surface area contributed by atoms with Crippen molar-refractivity contribution < 1.29 is 19.0 Å². The number of ether oxygens (including phenoxy) is 3. The first kappa shape index (κ1) is 21.0. The molecule has 0 unspecified atom stereocenters. The first-order valence-electron chi connectivity index (χ1n) is 11.1. The number of morpholine rings is 1. The molecule has 0 spiro atoms. The molecule has 0 atom stereocenters. The highest BCUT2D eigenvalue weighted by Crippen LogP contribution is 2.42. The van der Waals surface area contributed by atoms with Gasteiger partial charge in [-0.3, -0.25) is 14.6 Å². The van der Waals surface area contributed by atoms with Gasteiger partial charge in [-0.15, -0.1) is 0 Å². The third-order valence-corrected chi connectivity index (χ3v) is 6.23. The number of rotatable bonds is 5. The third kappa shape index (κ3) is 4.24. The number of Topliss-reactive ketones (excluding diaryl/α,β-unsaturated/α-hetero) is 1. The van der Waals surface area contributed by atoms with E-state index in [9.17, 15) is 4.79 Å². The van der Waals surface area contributed by atoms with Crippen molar-refractivity contribution in [3.8, 4) is 11.5 Å². The predicted octanol–water partition coefficient (Wildman–Crippen LogP) is 2.85. The van der Waals surface area contributed by atoms with Crippen LogP contribution in [0, 0.1) is 0 Å². The van der Waals surface area contributed by atoms with Crippen molar-refractivity contribution in [1.82, 2.24) is 9.80 Å². The van der Waals surface area contributed by atoms with Crippen molar-refractivity contribution in [1.29, 1.82) is 0 Å². The van der Waals surface area contributed by atoms with Crippen molar-refractivity contribution in [3.63, 3.8) is 0 Å². The normalized spacial score (nSPS) is 19.9. The Kier molecular flexibility index (Phi) is 5.87. The molecule has 1 fully saturated rings. The molecule has 0 aliphatic carbocycles. The second kappa shape index (κ2) is 8.94. The van der Waals surface area contributed by atoms with Crippen molar-refractivity contribution >= 4 is 17.5 Å². The quantitative estimate of drug-likeness (QED) is 0.670. The predicted molar refractivity (Wildman–Crippen MR) is 123 cm³/mol. The lowest BCUT2D eigenvalue weighted by Crippen LogP contribution is -2.43. The number of nitrogens with zero attached hydrogens (tertiary/aromatic N) is 3. The van der Waals surface area contributed by atoms with Crippen molar-refractivity contribution in [2.24, 2.45) is 0 Å². The fraction of sp³-hybridized carbons (Fsp3) is 0.400. The summed E-state index contributed by atoms with van der Waals surface area (Å²) in [6.45, 7) is 6.68. The van der Waals surface area contributed by atoms with Crippen LogP contribution in [0.5, 0.6) is 11.5 Å². The fourth-order valence-electron chi connectivity index (χ4n) is 4.28. The number of hydrogen-bond donors (Lipinski definition) is 0. The van der Waals surface area contributed by atoms with Crippen LogP contribution in [0.1, 0.15) is 21.5 Å². The third-order valence-electron chi connectivity index (χ3n) is 6.23. The lowest BCUT2D eigenvalue weighted by molar-refractivity contribution is 0.0239. The number of anilines is 1. The SMILES string of the molecule is CN(C)c1ccc(/C=C2\Oc3c(ccc4c3CN(CCN3CCOCC3)CO4)C2=O)cc1. The molecule has 3 heterocycles. The van der Waals surface area contributed by atoms with Crippen LogP contribution < -0.4 is 14.4 Å². The smallest absolute Gasteiger partial charge is 0.231 e. The number of fused-ring (bicyclic) bond motifs is 3. The van der Waals surface area contributed by atoms with Gasteiger partial charge < -0.3 is 19.1 Å². The Bertz CT molecular complexity index is 1030. The molecule has 7 heteroatoms. The Balaban J connectivity index is 1.32. The Morgan fingerprint density at radius 1 is 1.00 bits per heavy atom. The van der Waals surface area contributed by atoms with Gasteiger partial charge in [0.15, 0.2) is 5.76 Å². The highest BCUT2D eigenvalue weighted by atomic mass is 16.5. The number of ketones is 1. The molecular formula is C25H29N3O4. The van der Waals surface area contributed by atoms with Crippen LogP contribution in [0.4, 0.5) is 5.69 Å². The monoisotopic (exact) mass is 435 g/mol. The van der Waals surface area contributed by atoms with Crippen LogP contribution in [0.2, 0.25) is 0 Å². The standard InChI is InChI=1S/C25H29N3O4/c1-26(2)19-5-3-18(4-6-19)15-23-24(29)20-7-8-22-21(25(20)32-23)16-28(17-31-22)10-9-27-11-13-30-14-12-27/h3-8,15H,9-14,16-17H2,1-2H3/b23-15-. The number of carbonyl (C=O) groups excluding carboxylic acids is 1. The molecule has 0 bridgehead atoms. The first-order chi connectivity index (χ1) is 15.6. The molecule has 1 saturated heterocycles. The van der Waals surface area contributed by atoms with E-state index in [1.165, 1.54) is 0 Å². The minimum absolute atomic E-state index is 0.0788. The van der Waals surface area contributed by atoms with Gasteiger partial charge in [0.05, 0.1) is 24.3 Å². The molecule has 168 valence electrons. The number of allylic oxidation sites excluding steroid dienone is 1. The first-order valence-corrected chi connectivity index (χ1v) is 11.1. The maximum absolute atomic E-state index is 13.0. The minimum atomic E-state index is -0.0788. The molecule has 0 saturated carbocycles. The van der Waals surface area contributed by atoms with Gasteiger partial charge in [0, 0.05) is 52.5 Å². The van der Waals surface area contributed by atoms with E-state index in [1.807, 2.05) is 61.5 Å². The van der Waals surface area contributed by atoms with Gasteiger partial charge in [0.25, 0.3) is 0 Å².